The second kappa shape index (κ2) is 5.78. The van der Waals surface area contributed by atoms with Crippen LogP contribution in [0.15, 0.2) is 5.38 Å². The minimum absolute atomic E-state index is 0.173. The van der Waals surface area contributed by atoms with E-state index >= 15 is 0 Å². The third-order valence-corrected chi connectivity index (χ3v) is 3.34. The van der Waals surface area contributed by atoms with Crippen molar-refractivity contribution in [1.82, 2.24) is 10.3 Å². The molecule has 0 saturated heterocycles. The zero-order chi connectivity index (χ0) is 12.2. The van der Waals surface area contributed by atoms with Gasteiger partial charge in [0.1, 0.15) is 5.01 Å². The molecule has 1 aromatic heterocycles. The lowest BCUT2D eigenvalue weighted by atomic mass is 9.93. The van der Waals surface area contributed by atoms with E-state index < -0.39 is 0 Å². The van der Waals surface area contributed by atoms with Crippen molar-refractivity contribution in [3.05, 3.63) is 16.1 Å². The van der Waals surface area contributed by atoms with Crippen LogP contribution in [0.2, 0.25) is 0 Å². The molecule has 0 radical (unpaired) electrons. The van der Waals surface area contributed by atoms with Crippen LogP contribution in [0.4, 0.5) is 0 Å². The average Bonchev–Trinajstić information content (AvgIpc) is 2.59. The minimum Gasteiger partial charge on any atom is -0.310 e. The van der Waals surface area contributed by atoms with Crippen LogP contribution in [-0.4, -0.2) is 11.5 Å². The summed E-state index contributed by atoms with van der Waals surface area (Å²) in [5, 5.41) is 6.83. The molecule has 1 rings (SSSR count). The molecule has 0 aliphatic rings. The topological polar surface area (TPSA) is 24.9 Å². The van der Waals surface area contributed by atoms with Gasteiger partial charge in [-0.3, -0.25) is 0 Å². The lowest BCUT2D eigenvalue weighted by Crippen LogP contribution is -2.17. The van der Waals surface area contributed by atoms with Crippen LogP contribution in [0.3, 0.4) is 0 Å². The summed E-state index contributed by atoms with van der Waals surface area (Å²) in [6, 6.07) is 0. The van der Waals surface area contributed by atoms with Gasteiger partial charge >= 0.3 is 0 Å². The normalized spacial score (nSPS) is 12.4. The molecule has 0 bridgehead atoms. The first-order chi connectivity index (χ1) is 7.39. The molecule has 0 aliphatic carbocycles. The van der Waals surface area contributed by atoms with Crippen LogP contribution < -0.4 is 5.32 Å². The maximum Gasteiger partial charge on any atom is 0.107 e. The van der Waals surface area contributed by atoms with E-state index in [1.165, 1.54) is 17.1 Å². The zero-order valence-corrected chi connectivity index (χ0v) is 11.9. The molecule has 2 nitrogen and oxygen atoms in total. The van der Waals surface area contributed by atoms with E-state index in [-0.39, 0.29) is 5.41 Å². The molecule has 0 saturated carbocycles. The van der Waals surface area contributed by atoms with Crippen LogP contribution in [0.1, 0.15) is 51.7 Å². The van der Waals surface area contributed by atoms with Crippen LogP contribution >= 0.6 is 11.3 Å². The van der Waals surface area contributed by atoms with E-state index in [9.17, 15) is 0 Å². The summed E-state index contributed by atoms with van der Waals surface area (Å²) in [4.78, 5) is 4.65. The van der Waals surface area contributed by atoms with E-state index in [1.54, 1.807) is 11.3 Å². The van der Waals surface area contributed by atoms with Gasteiger partial charge in [-0.1, -0.05) is 34.6 Å². The summed E-state index contributed by atoms with van der Waals surface area (Å²) in [5.41, 5.74) is 1.38. The number of hydrogen-bond acceptors (Lipinski definition) is 3. The molecule has 3 heteroatoms. The highest BCUT2D eigenvalue weighted by atomic mass is 32.1. The first-order valence-corrected chi connectivity index (χ1v) is 6.93. The second-order valence-electron chi connectivity index (χ2n) is 5.74. The molecule has 16 heavy (non-hydrogen) atoms. The maximum absolute atomic E-state index is 4.65. The Bertz CT molecular complexity index is 310. The van der Waals surface area contributed by atoms with Gasteiger partial charge in [-0.2, -0.15) is 0 Å². The number of rotatable bonds is 5. The fourth-order valence-corrected chi connectivity index (χ4v) is 2.31. The fourth-order valence-electron chi connectivity index (χ4n) is 1.32. The number of thiazole rings is 1. The summed E-state index contributed by atoms with van der Waals surface area (Å²) in [7, 11) is 0. The van der Waals surface area contributed by atoms with Crippen molar-refractivity contribution in [3.63, 3.8) is 0 Å². The van der Waals surface area contributed by atoms with Crippen molar-refractivity contribution in [2.75, 3.05) is 6.54 Å². The lowest BCUT2D eigenvalue weighted by molar-refractivity contribution is 0.533. The fraction of sp³-hybridized carbons (Fsp3) is 0.769. The summed E-state index contributed by atoms with van der Waals surface area (Å²) in [6.07, 6.45) is 1.23. The Hall–Kier alpha value is -0.410. The molecule has 0 unspecified atom stereocenters. The summed E-state index contributed by atoms with van der Waals surface area (Å²) in [6.45, 7) is 13.1. The Morgan fingerprint density at radius 2 is 2.06 bits per heavy atom. The summed E-state index contributed by atoms with van der Waals surface area (Å²) < 4.78 is 0. The maximum atomic E-state index is 4.65. The summed E-state index contributed by atoms with van der Waals surface area (Å²) in [5.74, 6) is 0.772. The molecular formula is C13H24N2S. The molecule has 0 aliphatic heterocycles. The van der Waals surface area contributed by atoms with E-state index in [1.807, 2.05) is 0 Å². The number of nitrogens with zero attached hydrogens (tertiary/aromatic N) is 1. The quantitative estimate of drug-likeness (QED) is 0.796. The first kappa shape index (κ1) is 13.7. The van der Waals surface area contributed by atoms with Crippen LogP contribution in [0.5, 0.6) is 0 Å². The highest BCUT2D eigenvalue weighted by molar-refractivity contribution is 7.09. The SMILES string of the molecule is CC(C)CCNCc1nc(C(C)(C)C)cs1. The molecular weight excluding hydrogens is 216 g/mol. The van der Waals surface area contributed by atoms with Gasteiger partial charge in [0.2, 0.25) is 0 Å². The molecule has 0 atom stereocenters. The van der Waals surface area contributed by atoms with E-state index in [0.29, 0.717) is 0 Å². The second-order valence-corrected chi connectivity index (χ2v) is 6.68. The Balaban J connectivity index is 2.36. The molecule has 92 valence electrons. The molecule has 1 aromatic rings. The molecule has 0 fully saturated rings. The highest BCUT2D eigenvalue weighted by Gasteiger charge is 2.16. The van der Waals surface area contributed by atoms with Gasteiger partial charge in [0, 0.05) is 17.3 Å². The van der Waals surface area contributed by atoms with Crippen molar-refractivity contribution in [1.29, 1.82) is 0 Å². The molecule has 1 N–H and O–H groups in total. The minimum atomic E-state index is 0.173. The van der Waals surface area contributed by atoms with E-state index in [2.05, 4.69) is 50.3 Å². The van der Waals surface area contributed by atoms with Crippen molar-refractivity contribution in [2.45, 2.75) is 53.0 Å². The lowest BCUT2D eigenvalue weighted by Gasteiger charge is -2.14. The molecule has 0 aromatic carbocycles. The summed E-state index contributed by atoms with van der Waals surface area (Å²) >= 11 is 1.76. The monoisotopic (exact) mass is 240 g/mol. The molecule has 1 heterocycles. The Kier molecular flexibility index (Phi) is 4.93. The van der Waals surface area contributed by atoms with Crippen molar-refractivity contribution in [3.8, 4) is 0 Å². The van der Waals surface area contributed by atoms with Crippen LogP contribution in [-0.2, 0) is 12.0 Å². The number of hydrogen-bond donors (Lipinski definition) is 1. The highest BCUT2D eigenvalue weighted by Crippen LogP contribution is 2.23. The van der Waals surface area contributed by atoms with Gasteiger partial charge in [0.15, 0.2) is 0 Å². The van der Waals surface area contributed by atoms with Crippen LogP contribution in [0.25, 0.3) is 0 Å². The van der Waals surface area contributed by atoms with Gasteiger partial charge in [0.05, 0.1) is 5.69 Å². The standard InChI is InChI=1S/C13H24N2S/c1-10(2)6-7-14-8-12-15-11(9-16-12)13(3,4)5/h9-10,14H,6-8H2,1-5H3. The van der Waals surface area contributed by atoms with E-state index in [0.717, 1.165) is 19.0 Å². The van der Waals surface area contributed by atoms with Crippen molar-refractivity contribution in [2.24, 2.45) is 5.92 Å². The number of aromatic nitrogens is 1. The zero-order valence-electron chi connectivity index (χ0n) is 11.1. The van der Waals surface area contributed by atoms with E-state index in [4.69, 9.17) is 0 Å². The predicted molar refractivity (Wildman–Crippen MR) is 72.0 cm³/mol. The Labute approximate surface area is 103 Å². The van der Waals surface area contributed by atoms with Gasteiger partial charge in [-0.25, -0.2) is 4.98 Å². The first-order valence-electron chi connectivity index (χ1n) is 6.05. The number of nitrogens with one attached hydrogen (secondary N) is 1. The van der Waals surface area contributed by atoms with Crippen LogP contribution in [0, 0.1) is 5.92 Å². The van der Waals surface area contributed by atoms with Gasteiger partial charge in [-0.05, 0) is 18.9 Å². The molecule has 0 amide bonds. The Morgan fingerprint density at radius 3 is 2.56 bits per heavy atom. The third-order valence-electron chi connectivity index (χ3n) is 2.49. The van der Waals surface area contributed by atoms with Gasteiger partial charge in [-0.15, -0.1) is 11.3 Å². The largest absolute Gasteiger partial charge is 0.310 e. The smallest absolute Gasteiger partial charge is 0.107 e. The average molecular weight is 240 g/mol. The van der Waals surface area contributed by atoms with Crippen molar-refractivity contribution >= 4 is 11.3 Å². The third kappa shape index (κ3) is 4.62. The predicted octanol–water partition coefficient (Wildman–Crippen LogP) is 3.58. The Morgan fingerprint density at radius 1 is 1.38 bits per heavy atom. The molecule has 0 spiro atoms. The van der Waals surface area contributed by atoms with Gasteiger partial charge in [0.25, 0.3) is 0 Å². The van der Waals surface area contributed by atoms with Gasteiger partial charge < -0.3 is 5.32 Å². The van der Waals surface area contributed by atoms with Crippen molar-refractivity contribution < 1.29 is 0 Å².